The Balaban J connectivity index is 1.36. The molecule has 1 aliphatic carbocycles. The van der Waals surface area contributed by atoms with Crippen molar-refractivity contribution in [1.82, 2.24) is 15.4 Å². The van der Waals surface area contributed by atoms with Gasteiger partial charge in [-0.2, -0.15) is 0 Å². The van der Waals surface area contributed by atoms with E-state index in [0.29, 0.717) is 30.3 Å². The molecule has 1 saturated carbocycles. The Kier molecular flexibility index (Phi) is 3.92. The number of fused-ring (bicyclic) bond motifs is 3. The van der Waals surface area contributed by atoms with Crippen LogP contribution in [-0.4, -0.2) is 40.6 Å². The van der Waals surface area contributed by atoms with Gasteiger partial charge in [0.05, 0.1) is 5.56 Å². The highest BCUT2D eigenvalue weighted by Crippen LogP contribution is 2.47. The second kappa shape index (κ2) is 6.36. The van der Waals surface area contributed by atoms with Gasteiger partial charge in [0.1, 0.15) is 11.4 Å². The summed E-state index contributed by atoms with van der Waals surface area (Å²) < 4.78 is 5.28. The van der Waals surface area contributed by atoms with E-state index >= 15 is 0 Å². The number of nitrogens with one attached hydrogen (secondary N) is 2. The zero-order valence-electron chi connectivity index (χ0n) is 15.9. The Labute approximate surface area is 163 Å². The Hall–Kier alpha value is -2.83. The lowest BCUT2D eigenvalue weighted by atomic mass is 9.89. The first-order chi connectivity index (χ1) is 13.6. The first-order valence-electron chi connectivity index (χ1n) is 10.0. The van der Waals surface area contributed by atoms with Crippen molar-refractivity contribution in [3.8, 4) is 0 Å². The molecule has 1 aromatic carbocycles. The van der Waals surface area contributed by atoms with Crippen molar-refractivity contribution in [2.45, 2.75) is 38.3 Å². The molecule has 3 atom stereocenters. The molecule has 7 nitrogen and oxygen atoms in total. The van der Waals surface area contributed by atoms with Crippen molar-refractivity contribution in [2.75, 3.05) is 18.4 Å². The Bertz CT molecular complexity index is 939. The van der Waals surface area contributed by atoms with Gasteiger partial charge >= 0.3 is 0 Å². The molecule has 1 spiro atoms. The third-order valence-electron chi connectivity index (χ3n) is 6.41. The monoisotopic (exact) mass is 380 g/mol. The number of aromatic nitrogens is 1. The average Bonchev–Trinajstić information content (AvgIpc) is 3.39. The summed E-state index contributed by atoms with van der Waals surface area (Å²) in [7, 11) is 0. The summed E-state index contributed by atoms with van der Waals surface area (Å²) in [4.78, 5) is 27.5. The summed E-state index contributed by atoms with van der Waals surface area (Å²) in [5, 5.41) is 10.8. The molecular formula is C21H24N4O3. The van der Waals surface area contributed by atoms with E-state index in [4.69, 9.17) is 4.52 Å². The number of rotatable bonds is 3. The van der Waals surface area contributed by atoms with Gasteiger partial charge in [0, 0.05) is 37.2 Å². The van der Waals surface area contributed by atoms with Crippen LogP contribution in [0.5, 0.6) is 0 Å². The van der Waals surface area contributed by atoms with Crippen LogP contribution in [0.25, 0.3) is 0 Å². The van der Waals surface area contributed by atoms with Crippen molar-refractivity contribution >= 4 is 17.5 Å². The van der Waals surface area contributed by atoms with Crippen LogP contribution in [-0.2, 0) is 6.42 Å². The third kappa shape index (κ3) is 2.60. The van der Waals surface area contributed by atoms with E-state index in [0.717, 1.165) is 37.1 Å². The fourth-order valence-electron chi connectivity index (χ4n) is 5.07. The molecule has 2 aliphatic heterocycles. The van der Waals surface area contributed by atoms with Crippen LogP contribution in [0, 0.1) is 11.8 Å². The highest BCUT2D eigenvalue weighted by molar-refractivity contribution is 6.02. The number of anilines is 1. The topological polar surface area (TPSA) is 87.5 Å². The van der Waals surface area contributed by atoms with Crippen molar-refractivity contribution in [3.63, 3.8) is 0 Å². The lowest BCUT2D eigenvalue weighted by Gasteiger charge is -2.41. The Morgan fingerprint density at radius 1 is 1.32 bits per heavy atom. The van der Waals surface area contributed by atoms with Crippen molar-refractivity contribution in [1.29, 1.82) is 0 Å². The molecular weight excluding hydrogens is 356 g/mol. The first kappa shape index (κ1) is 17.3. The number of likely N-dealkylation sites (tertiary alicyclic amines) is 1. The molecule has 0 radical (unpaired) electrons. The second-order valence-electron chi connectivity index (χ2n) is 8.14. The fraction of sp³-hybridized carbons (Fsp3) is 0.476. The third-order valence-corrected chi connectivity index (χ3v) is 6.41. The number of hydrogen-bond acceptors (Lipinski definition) is 5. The Morgan fingerprint density at radius 2 is 2.18 bits per heavy atom. The molecule has 2 N–H and O–H groups in total. The number of amides is 2. The van der Waals surface area contributed by atoms with Crippen LogP contribution < -0.4 is 10.6 Å². The standard InChI is InChI=1S/C21H24N4O3/c1-2-5-14-10-18(24-28-14)20(27)25-11-13-8-9-21(16(13)12-25)22-17-7-4-3-6-15(17)19(26)23-21/h3-4,6-7,10,13,16,22H,2,5,8-9,11-12H2,1H3,(H,23,26)/t13-,16+,21+/m1/s1. The molecule has 2 aromatic rings. The van der Waals surface area contributed by atoms with Crippen molar-refractivity contribution in [2.24, 2.45) is 11.8 Å². The van der Waals surface area contributed by atoms with Gasteiger partial charge in [0.2, 0.25) is 0 Å². The smallest absolute Gasteiger partial charge is 0.276 e. The SMILES string of the molecule is CCCc1cc(C(=O)N2C[C@H]3CC[C@]4(NC(=O)c5ccccc5N4)[C@H]3C2)no1. The number of carbonyl (C=O) groups excluding carboxylic acids is 2. The second-order valence-corrected chi connectivity index (χ2v) is 8.14. The minimum absolute atomic E-state index is 0.0412. The van der Waals surface area contributed by atoms with E-state index in [-0.39, 0.29) is 17.7 Å². The summed E-state index contributed by atoms with van der Waals surface area (Å²) in [5.41, 5.74) is 1.44. The predicted octanol–water partition coefficient (Wildman–Crippen LogP) is 2.66. The molecule has 5 rings (SSSR count). The molecule has 146 valence electrons. The lowest BCUT2D eigenvalue weighted by molar-refractivity contribution is 0.0757. The van der Waals surface area contributed by atoms with E-state index in [2.05, 4.69) is 22.7 Å². The van der Waals surface area contributed by atoms with Crippen LogP contribution in [0.3, 0.4) is 0 Å². The number of benzene rings is 1. The maximum atomic E-state index is 12.9. The number of para-hydroxylation sites is 1. The average molecular weight is 380 g/mol. The van der Waals surface area contributed by atoms with Gasteiger partial charge < -0.3 is 20.1 Å². The number of nitrogens with zero attached hydrogens (tertiary/aromatic N) is 2. The van der Waals surface area contributed by atoms with E-state index in [9.17, 15) is 9.59 Å². The molecule has 7 heteroatoms. The minimum Gasteiger partial charge on any atom is -0.362 e. The van der Waals surface area contributed by atoms with Gasteiger partial charge in [-0.05, 0) is 37.3 Å². The van der Waals surface area contributed by atoms with Gasteiger partial charge in [-0.1, -0.05) is 24.2 Å². The maximum absolute atomic E-state index is 12.9. The number of aryl methyl sites for hydroxylation is 1. The van der Waals surface area contributed by atoms with Crippen molar-refractivity contribution in [3.05, 3.63) is 47.3 Å². The summed E-state index contributed by atoms with van der Waals surface area (Å²) in [6, 6.07) is 9.35. The van der Waals surface area contributed by atoms with Crippen LogP contribution in [0.1, 0.15) is 52.8 Å². The normalized spacial score (nSPS) is 28.0. The summed E-state index contributed by atoms with van der Waals surface area (Å²) >= 11 is 0. The van der Waals surface area contributed by atoms with E-state index < -0.39 is 5.66 Å². The van der Waals surface area contributed by atoms with E-state index in [1.807, 2.05) is 29.2 Å². The van der Waals surface area contributed by atoms with Gasteiger partial charge in [0.25, 0.3) is 11.8 Å². The molecule has 28 heavy (non-hydrogen) atoms. The quantitative estimate of drug-likeness (QED) is 0.855. The van der Waals surface area contributed by atoms with Crippen LogP contribution >= 0.6 is 0 Å². The van der Waals surface area contributed by atoms with Gasteiger partial charge in [-0.25, -0.2) is 0 Å². The molecule has 3 heterocycles. The van der Waals surface area contributed by atoms with Crippen molar-refractivity contribution < 1.29 is 14.1 Å². The van der Waals surface area contributed by atoms with Crippen LogP contribution in [0.4, 0.5) is 5.69 Å². The molecule has 0 bridgehead atoms. The zero-order chi connectivity index (χ0) is 19.3. The van der Waals surface area contributed by atoms with Crippen LogP contribution in [0.15, 0.2) is 34.9 Å². The van der Waals surface area contributed by atoms with Crippen LogP contribution in [0.2, 0.25) is 0 Å². The Morgan fingerprint density at radius 3 is 3.04 bits per heavy atom. The first-order valence-corrected chi connectivity index (χ1v) is 10.0. The number of carbonyl (C=O) groups is 2. The minimum atomic E-state index is -0.484. The molecule has 1 aromatic heterocycles. The fourth-order valence-corrected chi connectivity index (χ4v) is 5.07. The molecule has 0 unspecified atom stereocenters. The summed E-state index contributed by atoms with van der Waals surface area (Å²) in [5.74, 6) is 1.16. The van der Waals surface area contributed by atoms with E-state index in [1.165, 1.54) is 0 Å². The van der Waals surface area contributed by atoms with E-state index in [1.54, 1.807) is 6.07 Å². The molecule has 3 aliphatic rings. The molecule has 2 fully saturated rings. The molecule has 1 saturated heterocycles. The van der Waals surface area contributed by atoms with Gasteiger partial charge in [0.15, 0.2) is 5.69 Å². The summed E-state index contributed by atoms with van der Waals surface area (Å²) in [6.45, 7) is 3.37. The summed E-state index contributed by atoms with van der Waals surface area (Å²) in [6.07, 6.45) is 3.58. The highest BCUT2D eigenvalue weighted by Gasteiger charge is 2.55. The lowest BCUT2D eigenvalue weighted by Crippen LogP contribution is -2.61. The number of hydrogen-bond donors (Lipinski definition) is 2. The maximum Gasteiger partial charge on any atom is 0.276 e. The van der Waals surface area contributed by atoms with Gasteiger partial charge in [-0.15, -0.1) is 0 Å². The highest BCUT2D eigenvalue weighted by atomic mass is 16.5. The zero-order valence-corrected chi connectivity index (χ0v) is 15.9. The van der Waals surface area contributed by atoms with Gasteiger partial charge in [-0.3, -0.25) is 9.59 Å². The molecule has 2 amide bonds. The largest absolute Gasteiger partial charge is 0.362 e. The predicted molar refractivity (Wildman–Crippen MR) is 103 cm³/mol.